The quantitative estimate of drug-likeness (QED) is 0.765. The van der Waals surface area contributed by atoms with Gasteiger partial charge < -0.3 is 10.2 Å². The monoisotopic (exact) mass is 429 g/mol. The summed E-state index contributed by atoms with van der Waals surface area (Å²) < 4.78 is 27.7. The van der Waals surface area contributed by atoms with Crippen molar-refractivity contribution in [3.05, 3.63) is 59.7 Å². The average Bonchev–Trinajstić information content (AvgIpc) is 2.74. The number of sulfonamides is 1. The van der Waals surface area contributed by atoms with Crippen LogP contribution in [0.25, 0.3) is 0 Å². The Labute approximate surface area is 179 Å². The largest absolute Gasteiger partial charge is 0.325 e. The lowest BCUT2D eigenvalue weighted by Gasteiger charge is -2.33. The Kier molecular flexibility index (Phi) is 6.65. The normalized spacial score (nSPS) is 16.4. The highest BCUT2D eigenvalue weighted by molar-refractivity contribution is 7.89. The maximum Gasteiger partial charge on any atom is 0.243 e. The van der Waals surface area contributed by atoms with Crippen LogP contribution in [0.4, 0.5) is 5.69 Å². The number of hydrogen-bond acceptors (Lipinski definition) is 4. The van der Waals surface area contributed by atoms with Crippen molar-refractivity contribution in [3.8, 4) is 0 Å². The molecule has 2 aromatic rings. The molecule has 6 nitrogen and oxygen atoms in total. The molecule has 1 N–H and O–H groups in total. The van der Waals surface area contributed by atoms with E-state index in [1.54, 1.807) is 24.3 Å². The zero-order chi connectivity index (χ0) is 21.9. The maximum absolute atomic E-state index is 13.1. The lowest BCUT2D eigenvalue weighted by Crippen LogP contribution is -2.48. The van der Waals surface area contributed by atoms with E-state index in [2.05, 4.69) is 17.1 Å². The van der Waals surface area contributed by atoms with Gasteiger partial charge in [-0.05, 0) is 51.1 Å². The number of rotatable bonds is 6. The van der Waals surface area contributed by atoms with E-state index in [-0.39, 0.29) is 10.8 Å². The van der Waals surface area contributed by atoms with Crippen LogP contribution in [0.2, 0.25) is 0 Å². The van der Waals surface area contributed by atoms with Gasteiger partial charge in [-0.3, -0.25) is 4.79 Å². The predicted octanol–water partition coefficient (Wildman–Crippen LogP) is 3.24. The van der Waals surface area contributed by atoms with E-state index in [9.17, 15) is 13.2 Å². The molecule has 0 radical (unpaired) electrons. The molecular weight excluding hydrogens is 398 g/mol. The first-order valence-corrected chi connectivity index (χ1v) is 11.8. The summed E-state index contributed by atoms with van der Waals surface area (Å²) in [5.41, 5.74) is 1.77. The van der Waals surface area contributed by atoms with Gasteiger partial charge in [0.25, 0.3) is 0 Å². The molecule has 1 aliphatic rings. The second kappa shape index (κ2) is 8.88. The van der Waals surface area contributed by atoms with E-state index in [4.69, 9.17) is 0 Å². The number of amides is 1. The van der Waals surface area contributed by atoms with Crippen molar-refractivity contribution in [2.24, 2.45) is 0 Å². The predicted molar refractivity (Wildman–Crippen MR) is 120 cm³/mol. The summed E-state index contributed by atoms with van der Waals surface area (Å²) in [5.74, 6) is -0.183. The first-order valence-electron chi connectivity index (χ1n) is 10.4. The Morgan fingerprint density at radius 2 is 1.67 bits per heavy atom. The van der Waals surface area contributed by atoms with Crippen molar-refractivity contribution in [1.82, 2.24) is 9.21 Å². The number of likely N-dealkylation sites (N-methyl/N-ethyl adjacent to an activating group) is 1. The van der Waals surface area contributed by atoms with Crippen molar-refractivity contribution in [2.75, 3.05) is 38.0 Å². The van der Waals surface area contributed by atoms with Crippen LogP contribution in [0, 0.1) is 6.92 Å². The molecule has 0 aliphatic carbocycles. The van der Waals surface area contributed by atoms with Crippen LogP contribution in [0.3, 0.4) is 0 Å². The fourth-order valence-corrected chi connectivity index (χ4v) is 5.03. The van der Waals surface area contributed by atoms with Gasteiger partial charge in [0, 0.05) is 31.9 Å². The summed E-state index contributed by atoms with van der Waals surface area (Å²) in [6.45, 7) is 11.2. The van der Waals surface area contributed by atoms with Crippen molar-refractivity contribution in [1.29, 1.82) is 0 Å². The van der Waals surface area contributed by atoms with Gasteiger partial charge in [-0.15, -0.1) is 0 Å². The second-order valence-corrected chi connectivity index (χ2v) is 10.2. The third kappa shape index (κ3) is 4.74. The number of hydrogen-bond donors (Lipinski definition) is 1. The second-order valence-electron chi connectivity index (χ2n) is 8.31. The minimum absolute atomic E-state index is 0.183. The molecule has 1 saturated heterocycles. The van der Waals surface area contributed by atoms with Gasteiger partial charge >= 0.3 is 0 Å². The summed E-state index contributed by atoms with van der Waals surface area (Å²) in [7, 11) is -3.59. The van der Waals surface area contributed by atoms with Crippen LogP contribution >= 0.6 is 0 Å². The molecule has 0 bridgehead atoms. The zero-order valence-electron chi connectivity index (χ0n) is 18.2. The molecule has 0 atom stereocenters. The van der Waals surface area contributed by atoms with Crippen molar-refractivity contribution in [3.63, 3.8) is 0 Å². The minimum Gasteiger partial charge on any atom is -0.325 e. The smallest absolute Gasteiger partial charge is 0.243 e. The number of piperazine rings is 1. The first kappa shape index (κ1) is 22.5. The molecule has 2 aromatic carbocycles. The number of aryl methyl sites for hydroxylation is 1. The molecule has 30 heavy (non-hydrogen) atoms. The Morgan fingerprint density at radius 3 is 2.27 bits per heavy atom. The zero-order valence-corrected chi connectivity index (χ0v) is 19.0. The molecule has 0 saturated carbocycles. The molecular formula is C23H31N3O3S. The van der Waals surface area contributed by atoms with Gasteiger partial charge in [-0.2, -0.15) is 4.31 Å². The summed E-state index contributed by atoms with van der Waals surface area (Å²) >= 11 is 0. The van der Waals surface area contributed by atoms with Crippen molar-refractivity contribution < 1.29 is 13.2 Å². The standard InChI is InChI=1S/C23H31N3O3S/c1-5-25-13-15-26(16-14-25)30(28,29)21-8-6-7-20(17-21)24-22(27)23(3,4)19-11-9-18(2)10-12-19/h6-12,17H,5,13-16H2,1-4H3,(H,24,27). The third-order valence-electron chi connectivity index (χ3n) is 5.85. The Hall–Kier alpha value is -2.22. The lowest BCUT2D eigenvalue weighted by atomic mass is 9.83. The van der Waals surface area contributed by atoms with Crippen LogP contribution in [-0.4, -0.2) is 56.3 Å². The molecule has 1 amide bonds. The van der Waals surface area contributed by atoms with E-state index in [1.807, 2.05) is 45.0 Å². The van der Waals surface area contributed by atoms with Crippen LogP contribution in [-0.2, 0) is 20.2 Å². The Morgan fingerprint density at radius 1 is 1.03 bits per heavy atom. The van der Waals surface area contributed by atoms with E-state index < -0.39 is 15.4 Å². The number of anilines is 1. The summed E-state index contributed by atoms with van der Waals surface area (Å²) in [6, 6.07) is 14.4. The fraction of sp³-hybridized carbons (Fsp3) is 0.435. The third-order valence-corrected chi connectivity index (χ3v) is 7.74. The number of benzene rings is 2. The van der Waals surface area contributed by atoms with Gasteiger partial charge in [-0.25, -0.2) is 8.42 Å². The highest BCUT2D eigenvalue weighted by Crippen LogP contribution is 2.27. The van der Waals surface area contributed by atoms with E-state index in [1.165, 1.54) is 4.31 Å². The van der Waals surface area contributed by atoms with Crippen LogP contribution < -0.4 is 5.32 Å². The number of carbonyl (C=O) groups excluding carboxylic acids is 1. The summed E-state index contributed by atoms with van der Waals surface area (Å²) in [6.07, 6.45) is 0. The minimum atomic E-state index is -3.59. The number of nitrogens with zero attached hydrogens (tertiary/aromatic N) is 2. The average molecular weight is 430 g/mol. The molecule has 1 fully saturated rings. The fourth-order valence-electron chi connectivity index (χ4n) is 3.56. The number of nitrogens with one attached hydrogen (secondary N) is 1. The molecule has 7 heteroatoms. The molecule has 0 spiro atoms. The summed E-state index contributed by atoms with van der Waals surface area (Å²) in [5, 5.41) is 2.90. The Bertz CT molecular complexity index is 993. The number of carbonyl (C=O) groups is 1. The van der Waals surface area contributed by atoms with E-state index >= 15 is 0 Å². The van der Waals surface area contributed by atoms with Crippen molar-refractivity contribution >= 4 is 21.6 Å². The van der Waals surface area contributed by atoms with Crippen LogP contribution in [0.1, 0.15) is 31.9 Å². The van der Waals surface area contributed by atoms with E-state index in [0.29, 0.717) is 18.8 Å². The lowest BCUT2D eigenvalue weighted by molar-refractivity contribution is -0.120. The highest BCUT2D eigenvalue weighted by Gasteiger charge is 2.31. The topological polar surface area (TPSA) is 69.7 Å². The van der Waals surface area contributed by atoms with Gasteiger partial charge in [0.15, 0.2) is 0 Å². The molecule has 1 aliphatic heterocycles. The highest BCUT2D eigenvalue weighted by atomic mass is 32.2. The maximum atomic E-state index is 13.1. The van der Waals surface area contributed by atoms with Gasteiger partial charge in [-0.1, -0.05) is 42.8 Å². The van der Waals surface area contributed by atoms with Gasteiger partial charge in [0.05, 0.1) is 10.3 Å². The first-order chi connectivity index (χ1) is 14.1. The SMILES string of the molecule is CCN1CCN(S(=O)(=O)c2cccc(NC(=O)C(C)(C)c3ccc(C)cc3)c2)CC1. The molecule has 1 heterocycles. The molecule has 0 aromatic heterocycles. The van der Waals surface area contributed by atoms with Crippen LogP contribution in [0.15, 0.2) is 53.4 Å². The van der Waals surface area contributed by atoms with Crippen LogP contribution in [0.5, 0.6) is 0 Å². The Balaban J connectivity index is 1.76. The van der Waals surface area contributed by atoms with Gasteiger partial charge in [0.2, 0.25) is 15.9 Å². The van der Waals surface area contributed by atoms with E-state index in [0.717, 1.165) is 30.8 Å². The van der Waals surface area contributed by atoms with Crippen molar-refractivity contribution in [2.45, 2.75) is 38.0 Å². The van der Waals surface area contributed by atoms with Gasteiger partial charge in [0.1, 0.15) is 0 Å². The molecule has 0 unspecified atom stereocenters. The summed E-state index contributed by atoms with van der Waals surface area (Å²) in [4.78, 5) is 15.4. The molecule has 3 rings (SSSR count). The molecule has 162 valence electrons.